The molecule has 0 radical (unpaired) electrons. The van der Waals surface area contributed by atoms with Crippen LogP contribution in [0.1, 0.15) is 18.4 Å². The van der Waals surface area contributed by atoms with Crippen molar-refractivity contribution >= 4 is 0 Å². The van der Waals surface area contributed by atoms with Crippen LogP contribution in [0.3, 0.4) is 0 Å². The highest BCUT2D eigenvalue weighted by molar-refractivity contribution is 5.80. The molecule has 1 aliphatic heterocycles. The van der Waals surface area contributed by atoms with Crippen LogP contribution in [0.25, 0.3) is 33.8 Å². The number of nitrogens with one attached hydrogen (secondary N) is 1. The molecular formula is C25H25N5O. The first-order valence-electron chi connectivity index (χ1n) is 10.6. The summed E-state index contributed by atoms with van der Waals surface area (Å²) in [5.41, 5.74) is 13.1. The lowest BCUT2D eigenvalue weighted by molar-refractivity contribution is 0.00867. The van der Waals surface area contributed by atoms with Crippen molar-refractivity contribution in [2.75, 3.05) is 6.61 Å². The fourth-order valence-electron chi connectivity index (χ4n) is 4.09. The summed E-state index contributed by atoms with van der Waals surface area (Å²) in [6.45, 7) is 0.759. The molecule has 156 valence electrons. The highest BCUT2D eigenvalue weighted by Gasteiger charge is 2.20. The van der Waals surface area contributed by atoms with E-state index in [1.165, 1.54) is 5.56 Å². The van der Waals surface area contributed by atoms with Crippen LogP contribution >= 0.6 is 0 Å². The summed E-state index contributed by atoms with van der Waals surface area (Å²) in [5.74, 6) is 0. The maximum atomic E-state index is 6.08. The molecule has 0 spiro atoms. The monoisotopic (exact) mass is 411 g/mol. The lowest BCUT2D eigenvalue weighted by Crippen LogP contribution is -2.35. The van der Waals surface area contributed by atoms with Crippen molar-refractivity contribution in [2.24, 2.45) is 5.73 Å². The fourth-order valence-corrected chi connectivity index (χ4v) is 4.09. The number of ether oxygens (including phenoxy) is 1. The molecule has 1 aromatic carbocycles. The van der Waals surface area contributed by atoms with E-state index >= 15 is 0 Å². The van der Waals surface area contributed by atoms with Gasteiger partial charge in [-0.25, -0.2) is 0 Å². The molecule has 4 heterocycles. The molecule has 0 bridgehead atoms. The van der Waals surface area contributed by atoms with E-state index in [1.807, 2.05) is 36.7 Å². The Morgan fingerprint density at radius 2 is 1.84 bits per heavy atom. The number of hydrogen-bond donors (Lipinski definition) is 2. The van der Waals surface area contributed by atoms with Gasteiger partial charge in [0.25, 0.3) is 0 Å². The van der Waals surface area contributed by atoms with Gasteiger partial charge < -0.3 is 10.5 Å². The second-order valence-electron chi connectivity index (χ2n) is 7.97. The van der Waals surface area contributed by atoms with Gasteiger partial charge in [0, 0.05) is 42.4 Å². The maximum absolute atomic E-state index is 6.08. The molecule has 1 aliphatic rings. The molecule has 0 aliphatic carbocycles. The third kappa shape index (κ3) is 4.40. The summed E-state index contributed by atoms with van der Waals surface area (Å²) in [5, 5.41) is 7.38. The van der Waals surface area contributed by atoms with E-state index in [2.05, 4.69) is 50.5 Å². The number of aromatic nitrogens is 4. The maximum Gasteiger partial charge on any atom is 0.118 e. The molecular weight excluding hydrogens is 386 g/mol. The molecule has 1 fully saturated rings. The summed E-state index contributed by atoms with van der Waals surface area (Å²) in [7, 11) is 0. The minimum absolute atomic E-state index is 0.210. The Bertz CT molecular complexity index is 1140. The first-order chi connectivity index (χ1) is 15.3. The molecule has 2 unspecified atom stereocenters. The zero-order valence-electron chi connectivity index (χ0n) is 17.2. The Morgan fingerprint density at radius 1 is 0.968 bits per heavy atom. The lowest BCUT2D eigenvalue weighted by atomic mass is 9.97. The van der Waals surface area contributed by atoms with Crippen LogP contribution in [0.4, 0.5) is 0 Å². The number of aromatic amines is 1. The van der Waals surface area contributed by atoms with Crippen molar-refractivity contribution < 1.29 is 4.74 Å². The van der Waals surface area contributed by atoms with Gasteiger partial charge in [0.2, 0.25) is 0 Å². The first kappa shape index (κ1) is 19.6. The van der Waals surface area contributed by atoms with Crippen molar-refractivity contribution in [1.29, 1.82) is 0 Å². The van der Waals surface area contributed by atoms with Gasteiger partial charge in [-0.2, -0.15) is 5.10 Å². The Kier molecular flexibility index (Phi) is 5.56. The van der Waals surface area contributed by atoms with E-state index in [0.29, 0.717) is 0 Å². The van der Waals surface area contributed by atoms with Crippen LogP contribution < -0.4 is 5.73 Å². The summed E-state index contributed by atoms with van der Waals surface area (Å²) < 4.78 is 5.87. The van der Waals surface area contributed by atoms with Crippen molar-refractivity contribution in [3.63, 3.8) is 0 Å². The average Bonchev–Trinajstić information content (AvgIpc) is 3.30. The third-order valence-corrected chi connectivity index (χ3v) is 5.74. The van der Waals surface area contributed by atoms with Crippen molar-refractivity contribution in [2.45, 2.75) is 31.4 Å². The zero-order valence-corrected chi connectivity index (χ0v) is 17.2. The van der Waals surface area contributed by atoms with E-state index in [0.717, 1.165) is 59.6 Å². The zero-order chi connectivity index (χ0) is 21.0. The quantitative estimate of drug-likeness (QED) is 0.512. The van der Waals surface area contributed by atoms with E-state index in [4.69, 9.17) is 10.5 Å². The van der Waals surface area contributed by atoms with Crippen molar-refractivity contribution in [1.82, 2.24) is 20.2 Å². The predicted molar refractivity (Wildman–Crippen MR) is 121 cm³/mol. The molecule has 3 aromatic heterocycles. The van der Waals surface area contributed by atoms with Gasteiger partial charge in [-0.3, -0.25) is 15.1 Å². The highest BCUT2D eigenvalue weighted by Crippen LogP contribution is 2.31. The number of nitrogens with zero attached hydrogens (tertiary/aromatic N) is 3. The van der Waals surface area contributed by atoms with Crippen LogP contribution in [0.15, 0.2) is 73.2 Å². The van der Waals surface area contributed by atoms with Gasteiger partial charge in [-0.05, 0) is 54.7 Å². The van der Waals surface area contributed by atoms with Gasteiger partial charge in [0.15, 0.2) is 0 Å². The summed E-state index contributed by atoms with van der Waals surface area (Å²) >= 11 is 0. The Morgan fingerprint density at radius 3 is 2.65 bits per heavy atom. The predicted octanol–water partition coefficient (Wildman–Crippen LogP) is 4.25. The molecule has 6 nitrogen and oxygen atoms in total. The standard InChI is InChI=1S/C25H25N5O/c26-20-9-12-31-21(15-20)13-17-4-6-18(7-5-17)24-14-19(8-11-28-24)22-16-29-30-25(22)23-3-1-2-10-27-23/h1-8,10-11,14,16,20-21H,9,12-13,15,26H2,(H,29,30). The summed E-state index contributed by atoms with van der Waals surface area (Å²) in [6, 6.07) is 18.7. The number of benzene rings is 1. The molecule has 1 saturated heterocycles. The van der Waals surface area contributed by atoms with Crippen LogP contribution in [-0.2, 0) is 11.2 Å². The van der Waals surface area contributed by atoms with E-state index in [1.54, 1.807) is 6.20 Å². The van der Waals surface area contributed by atoms with Crippen LogP contribution in [-0.4, -0.2) is 38.9 Å². The topological polar surface area (TPSA) is 89.7 Å². The van der Waals surface area contributed by atoms with Crippen LogP contribution in [0, 0.1) is 0 Å². The fraction of sp³-hybridized carbons (Fsp3) is 0.240. The Balaban J connectivity index is 1.37. The minimum atomic E-state index is 0.210. The number of pyridine rings is 2. The highest BCUT2D eigenvalue weighted by atomic mass is 16.5. The molecule has 3 N–H and O–H groups in total. The van der Waals surface area contributed by atoms with Gasteiger partial charge >= 0.3 is 0 Å². The molecule has 5 rings (SSSR count). The van der Waals surface area contributed by atoms with Gasteiger partial charge in [0.1, 0.15) is 5.69 Å². The summed E-state index contributed by atoms with van der Waals surface area (Å²) in [6.07, 6.45) is 8.50. The molecule has 0 saturated carbocycles. The second-order valence-corrected chi connectivity index (χ2v) is 7.97. The minimum Gasteiger partial charge on any atom is -0.378 e. The second kappa shape index (κ2) is 8.79. The van der Waals surface area contributed by atoms with Gasteiger partial charge in [0.05, 0.1) is 17.5 Å². The van der Waals surface area contributed by atoms with E-state index in [9.17, 15) is 0 Å². The Labute approximate surface area is 181 Å². The van der Waals surface area contributed by atoms with E-state index < -0.39 is 0 Å². The number of hydrogen-bond acceptors (Lipinski definition) is 5. The van der Waals surface area contributed by atoms with Crippen LogP contribution in [0.2, 0.25) is 0 Å². The lowest BCUT2D eigenvalue weighted by Gasteiger charge is -2.27. The average molecular weight is 412 g/mol. The van der Waals surface area contributed by atoms with Crippen molar-refractivity contribution in [3.8, 4) is 33.8 Å². The number of nitrogens with two attached hydrogens (primary N) is 1. The normalized spacial score (nSPS) is 18.7. The molecule has 31 heavy (non-hydrogen) atoms. The molecule has 6 heteroatoms. The van der Waals surface area contributed by atoms with Crippen LogP contribution in [0.5, 0.6) is 0 Å². The first-order valence-corrected chi connectivity index (χ1v) is 10.6. The third-order valence-electron chi connectivity index (χ3n) is 5.74. The molecule has 4 aromatic rings. The van der Waals surface area contributed by atoms with E-state index in [-0.39, 0.29) is 12.1 Å². The Hall–Kier alpha value is -3.35. The summed E-state index contributed by atoms with van der Waals surface area (Å²) in [4.78, 5) is 9.02. The van der Waals surface area contributed by atoms with Gasteiger partial charge in [-0.15, -0.1) is 0 Å². The van der Waals surface area contributed by atoms with Gasteiger partial charge in [-0.1, -0.05) is 30.3 Å². The van der Waals surface area contributed by atoms with Crippen molar-refractivity contribution in [3.05, 3.63) is 78.8 Å². The smallest absolute Gasteiger partial charge is 0.118 e. The molecule has 2 atom stereocenters. The number of rotatable bonds is 5. The molecule has 0 amide bonds. The SMILES string of the molecule is NC1CCOC(Cc2ccc(-c3cc(-c4c[nH]nc4-c4ccccn4)ccn3)cc2)C1. The largest absolute Gasteiger partial charge is 0.378 e. The number of H-pyrrole nitrogens is 1.